The molecule has 0 bridgehead atoms. The Kier molecular flexibility index (Phi) is 14.3. The van der Waals surface area contributed by atoms with Gasteiger partial charge in [0.05, 0.1) is 13.2 Å². The summed E-state index contributed by atoms with van der Waals surface area (Å²) >= 11 is 0. The molecule has 0 radical (unpaired) electrons. The molecule has 0 spiro atoms. The third-order valence-corrected chi connectivity index (χ3v) is 8.70. The number of halogens is 1. The molecule has 262 valence electrons. The van der Waals surface area contributed by atoms with Gasteiger partial charge in [0.2, 0.25) is 0 Å². The van der Waals surface area contributed by atoms with Crippen LogP contribution in [0.2, 0.25) is 0 Å². The number of ether oxygens (including phenoxy) is 2. The van der Waals surface area contributed by atoms with Crippen LogP contribution in [-0.4, -0.2) is 36.9 Å². The van der Waals surface area contributed by atoms with Crippen molar-refractivity contribution >= 4 is 11.9 Å². The van der Waals surface area contributed by atoms with Crippen LogP contribution in [0.5, 0.6) is 0 Å². The van der Waals surface area contributed by atoms with Gasteiger partial charge >= 0.3 is 11.9 Å². The molecule has 0 heterocycles. The molecule has 5 nitrogen and oxygen atoms in total. The fourth-order valence-corrected chi connectivity index (χ4v) is 5.97. The van der Waals surface area contributed by atoms with Gasteiger partial charge in [-0.15, -0.1) is 0 Å². The Morgan fingerprint density at radius 3 is 1.68 bits per heavy atom. The van der Waals surface area contributed by atoms with Gasteiger partial charge < -0.3 is 14.6 Å². The number of aliphatic hydroxyl groups is 1. The molecule has 0 unspecified atom stereocenters. The van der Waals surface area contributed by atoms with Gasteiger partial charge in [0.15, 0.2) is 0 Å². The van der Waals surface area contributed by atoms with Gasteiger partial charge in [-0.25, -0.2) is 14.0 Å². The molecule has 6 heteroatoms. The van der Waals surface area contributed by atoms with Crippen LogP contribution in [0.3, 0.4) is 0 Å². The standard InChI is InChI=1S/C44H49FO5/c1-6-7-8-10-33-27-38(22-25-49-43(47)30(2)3)42(39(28-33)23-26-50-44(48)31(4)5)36-18-16-34(17-19-36)37-20-21-40(41(45)29-37)35-14-12-32(13-15-35)11-9-24-46/h12-21,27-29,46H,2,4,6-11,22-26H2,1,3,5H3. The molecule has 0 aliphatic rings. The third kappa shape index (κ3) is 10.6. The zero-order valence-electron chi connectivity index (χ0n) is 29.7. The molecule has 4 aromatic rings. The van der Waals surface area contributed by atoms with Crippen molar-refractivity contribution in [3.63, 3.8) is 0 Å². The molecule has 4 aromatic carbocycles. The Morgan fingerprint density at radius 2 is 1.16 bits per heavy atom. The van der Waals surface area contributed by atoms with Crippen molar-refractivity contribution in [1.82, 2.24) is 0 Å². The summed E-state index contributed by atoms with van der Waals surface area (Å²) in [5, 5.41) is 9.10. The number of unbranched alkanes of at least 4 members (excludes halogenated alkanes) is 2. The number of carbonyl (C=O) groups is 2. The Hall–Kier alpha value is -4.81. The fourth-order valence-electron chi connectivity index (χ4n) is 5.97. The summed E-state index contributed by atoms with van der Waals surface area (Å²) in [5.41, 5.74) is 10.1. The highest BCUT2D eigenvalue weighted by Gasteiger charge is 2.16. The number of aryl methyl sites for hydroxylation is 2. The minimum atomic E-state index is -0.421. The van der Waals surface area contributed by atoms with Crippen LogP contribution >= 0.6 is 0 Å². The lowest BCUT2D eigenvalue weighted by Crippen LogP contribution is -2.11. The average molecular weight is 677 g/mol. The molecule has 0 amide bonds. The summed E-state index contributed by atoms with van der Waals surface area (Å²) in [7, 11) is 0. The molecule has 1 N–H and O–H groups in total. The maximum absolute atomic E-state index is 15.5. The van der Waals surface area contributed by atoms with E-state index in [4.69, 9.17) is 14.6 Å². The van der Waals surface area contributed by atoms with Gasteiger partial charge in [-0.3, -0.25) is 0 Å². The van der Waals surface area contributed by atoms with E-state index in [2.05, 4.69) is 32.2 Å². The van der Waals surface area contributed by atoms with Crippen LogP contribution in [0, 0.1) is 5.82 Å². The van der Waals surface area contributed by atoms with Gasteiger partial charge in [0.1, 0.15) is 5.82 Å². The molecule has 0 saturated heterocycles. The summed E-state index contributed by atoms with van der Waals surface area (Å²) in [6.45, 7) is 13.4. The topological polar surface area (TPSA) is 72.8 Å². The lowest BCUT2D eigenvalue weighted by molar-refractivity contribution is -0.139. The van der Waals surface area contributed by atoms with Crippen LogP contribution in [-0.2, 0) is 44.7 Å². The quantitative estimate of drug-likeness (QED) is 0.0645. The van der Waals surface area contributed by atoms with E-state index < -0.39 is 11.9 Å². The monoisotopic (exact) mass is 676 g/mol. The summed E-state index contributed by atoms with van der Waals surface area (Å²) in [5.74, 6) is -1.14. The minimum Gasteiger partial charge on any atom is -0.462 e. The van der Waals surface area contributed by atoms with Crippen LogP contribution < -0.4 is 0 Å². The zero-order chi connectivity index (χ0) is 36.0. The number of aliphatic hydroxyl groups excluding tert-OH is 1. The Bertz CT molecular complexity index is 1730. The smallest absolute Gasteiger partial charge is 0.333 e. The van der Waals surface area contributed by atoms with Crippen molar-refractivity contribution in [2.75, 3.05) is 19.8 Å². The maximum Gasteiger partial charge on any atom is 0.333 e. The molecule has 0 atom stereocenters. The summed E-state index contributed by atoms with van der Waals surface area (Å²) in [6, 6.07) is 25.6. The van der Waals surface area contributed by atoms with E-state index in [-0.39, 0.29) is 25.6 Å². The highest BCUT2D eigenvalue weighted by molar-refractivity contribution is 5.87. The van der Waals surface area contributed by atoms with Crippen LogP contribution in [0.15, 0.2) is 103 Å². The molecule has 0 aliphatic carbocycles. The second kappa shape index (κ2) is 18.8. The van der Waals surface area contributed by atoms with E-state index in [0.717, 1.165) is 76.6 Å². The number of carbonyl (C=O) groups excluding carboxylic acids is 2. The van der Waals surface area contributed by atoms with E-state index in [1.807, 2.05) is 60.7 Å². The van der Waals surface area contributed by atoms with Gasteiger partial charge in [-0.1, -0.05) is 106 Å². The maximum atomic E-state index is 15.5. The number of benzene rings is 4. The third-order valence-electron chi connectivity index (χ3n) is 8.70. The minimum absolute atomic E-state index is 0.145. The normalized spacial score (nSPS) is 10.9. The molecule has 0 aromatic heterocycles. The summed E-state index contributed by atoms with van der Waals surface area (Å²) in [6.07, 6.45) is 6.71. The SMILES string of the molecule is C=C(C)C(=O)OCCc1cc(CCCCC)cc(CCOC(=O)C(=C)C)c1-c1ccc(-c2ccc(-c3ccc(CCCO)cc3)c(F)c2)cc1. The molecule has 0 aliphatic heterocycles. The van der Waals surface area contributed by atoms with E-state index in [9.17, 15) is 9.59 Å². The number of hydrogen-bond acceptors (Lipinski definition) is 5. The zero-order valence-corrected chi connectivity index (χ0v) is 29.7. The van der Waals surface area contributed by atoms with E-state index >= 15 is 4.39 Å². The lowest BCUT2D eigenvalue weighted by atomic mass is 9.87. The Morgan fingerprint density at radius 1 is 0.640 bits per heavy atom. The first-order chi connectivity index (χ1) is 24.1. The van der Waals surface area contributed by atoms with Gasteiger partial charge in [-0.05, 0) is 95.7 Å². The average Bonchev–Trinajstić information content (AvgIpc) is 3.11. The molecule has 50 heavy (non-hydrogen) atoms. The van der Waals surface area contributed by atoms with Crippen molar-refractivity contribution in [3.05, 3.63) is 131 Å². The Balaban J connectivity index is 1.66. The lowest BCUT2D eigenvalue weighted by Gasteiger charge is -2.19. The number of esters is 2. The van der Waals surface area contributed by atoms with E-state index in [0.29, 0.717) is 36.0 Å². The fraction of sp³-hybridized carbons (Fsp3) is 0.318. The predicted molar refractivity (Wildman–Crippen MR) is 200 cm³/mol. The van der Waals surface area contributed by atoms with Crippen molar-refractivity contribution < 1.29 is 28.6 Å². The number of rotatable bonds is 18. The second-order valence-electron chi connectivity index (χ2n) is 12.9. The first kappa shape index (κ1) is 38.0. The highest BCUT2D eigenvalue weighted by Crippen LogP contribution is 2.34. The van der Waals surface area contributed by atoms with Gasteiger partial charge in [0, 0.05) is 36.2 Å². The molecule has 0 fully saturated rings. The van der Waals surface area contributed by atoms with Crippen LogP contribution in [0.1, 0.15) is 68.7 Å². The van der Waals surface area contributed by atoms with Crippen LogP contribution in [0.4, 0.5) is 4.39 Å². The van der Waals surface area contributed by atoms with E-state index in [1.165, 1.54) is 5.56 Å². The first-order valence-electron chi connectivity index (χ1n) is 17.5. The summed E-state index contributed by atoms with van der Waals surface area (Å²) < 4.78 is 26.5. The van der Waals surface area contributed by atoms with Crippen molar-refractivity contribution in [3.8, 4) is 33.4 Å². The van der Waals surface area contributed by atoms with Crippen molar-refractivity contribution in [2.24, 2.45) is 0 Å². The first-order valence-corrected chi connectivity index (χ1v) is 17.5. The van der Waals surface area contributed by atoms with Gasteiger partial charge in [-0.2, -0.15) is 0 Å². The Labute approximate surface area is 296 Å². The molecular weight excluding hydrogens is 627 g/mol. The van der Waals surface area contributed by atoms with Crippen molar-refractivity contribution in [1.29, 1.82) is 0 Å². The highest BCUT2D eigenvalue weighted by atomic mass is 19.1. The second-order valence-corrected chi connectivity index (χ2v) is 12.9. The van der Waals surface area contributed by atoms with E-state index in [1.54, 1.807) is 19.9 Å². The summed E-state index contributed by atoms with van der Waals surface area (Å²) in [4.78, 5) is 24.4. The van der Waals surface area contributed by atoms with Crippen molar-refractivity contribution in [2.45, 2.75) is 72.1 Å². The molecule has 0 saturated carbocycles. The molecule has 4 rings (SSSR count). The predicted octanol–water partition coefficient (Wildman–Crippen LogP) is 9.81. The van der Waals surface area contributed by atoms with Crippen LogP contribution in [0.25, 0.3) is 33.4 Å². The van der Waals surface area contributed by atoms with Gasteiger partial charge in [0.25, 0.3) is 0 Å². The molecular formula is C44H49FO5. The number of hydrogen-bond donors (Lipinski definition) is 1. The largest absolute Gasteiger partial charge is 0.462 e.